The smallest absolute Gasteiger partial charge is 0.251 e. The molecule has 0 saturated heterocycles. The van der Waals surface area contributed by atoms with Gasteiger partial charge in [0.1, 0.15) is 0 Å². The van der Waals surface area contributed by atoms with Crippen molar-refractivity contribution in [3.05, 3.63) is 28.1 Å². The van der Waals surface area contributed by atoms with Gasteiger partial charge in [-0.2, -0.15) is 16.8 Å². The fourth-order valence-electron chi connectivity index (χ4n) is 3.34. The second kappa shape index (κ2) is 7.87. The molecule has 1 aliphatic carbocycles. The number of carbonyl (C=O) groups is 1. The fourth-order valence-corrected chi connectivity index (χ4v) is 4.85. The van der Waals surface area contributed by atoms with Crippen molar-refractivity contribution in [2.24, 2.45) is 10.9 Å². The zero-order valence-corrected chi connectivity index (χ0v) is 16.4. The number of benzene rings is 1. The van der Waals surface area contributed by atoms with Crippen LogP contribution >= 0.6 is 23.1 Å². The minimum Gasteiger partial charge on any atom is -0.316 e. The quantitative estimate of drug-likeness (QED) is 0.791. The van der Waals surface area contributed by atoms with Crippen LogP contribution in [-0.2, 0) is 11.3 Å². The van der Waals surface area contributed by atoms with Gasteiger partial charge in [0.25, 0.3) is 5.91 Å². The van der Waals surface area contributed by atoms with Crippen LogP contribution in [0.3, 0.4) is 0 Å². The molecule has 5 heteroatoms. The molecule has 0 unspecified atom stereocenters. The summed E-state index contributed by atoms with van der Waals surface area (Å²) in [5, 5.41) is 0. The molecule has 2 aromatic rings. The van der Waals surface area contributed by atoms with Gasteiger partial charge in [-0.25, -0.2) is 0 Å². The Labute approximate surface area is 152 Å². The van der Waals surface area contributed by atoms with Crippen LogP contribution in [0.15, 0.2) is 17.1 Å². The molecule has 0 spiro atoms. The van der Waals surface area contributed by atoms with E-state index in [-0.39, 0.29) is 11.8 Å². The summed E-state index contributed by atoms with van der Waals surface area (Å²) in [5.41, 5.74) is 3.81. The van der Waals surface area contributed by atoms with Crippen LogP contribution in [-0.4, -0.2) is 22.5 Å². The van der Waals surface area contributed by atoms with Gasteiger partial charge in [0.15, 0.2) is 4.80 Å². The number of nitrogens with zero attached hydrogens (tertiary/aromatic N) is 2. The zero-order chi connectivity index (χ0) is 17.1. The summed E-state index contributed by atoms with van der Waals surface area (Å²) in [6.07, 6.45) is 7.74. The molecular formula is C19H26N2OS2. The number of thioether (sulfide) groups is 1. The molecule has 0 atom stereocenters. The summed E-state index contributed by atoms with van der Waals surface area (Å²) in [7, 11) is 0. The predicted molar refractivity (Wildman–Crippen MR) is 105 cm³/mol. The molecule has 1 aromatic carbocycles. The lowest BCUT2D eigenvalue weighted by atomic mass is 9.89. The lowest BCUT2D eigenvalue weighted by Gasteiger charge is -2.17. The van der Waals surface area contributed by atoms with Gasteiger partial charge in [-0.1, -0.05) is 30.6 Å². The van der Waals surface area contributed by atoms with Crippen molar-refractivity contribution in [3.63, 3.8) is 0 Å². The molecule has 1 aromatic heterocycles. The molecular weight excluding hydrogens is 336 g/mol. The Hall–Kier alpha value is -1.07. The lowest BCUT2D eigenvalue weighted by molar-refractivity contribution is -0.122. The molecule has 0 bridgehead atoms. The first kappa shape index (κ1) is 17.7. The number of carbonyl (C=O) groups excluding carboxylic acids is 1. The highest BCUT2D eigenvalue weighted by atomic mass is 32.2. The number of hydrogen-bond acceptors (Lipinski definition) is 3. The van der Waals surface area contributed by atoms with Crippen molar-refractivity contribution in [1.82, 2.24) is 4.57 Å². The van der Waals surface area contributed by atoms with Crippen LogP contribution in [0.5, 0.6) is 0 Å². The summed E-state index contributed by atoms with van der Waals surface area (Å²) in [6.45, 7) is 5.19. The van der Waals surface area contributed by atoms with E-state index >= 15 is 0 Å². The Balaban J connectivity index is 2.04. The molecule has 0 N–H and O–H groups in total. The topological polar surface area (TPSA) is 34.4 Å². The maximum Gasteiger partial charge on any atom is 0.251 e. The van der Waals surface area contributed by atoms with Crippen molar-refractivity contribution in [2.45, 2.75) is 52.5 Å². The van der Waals surface area contributed by atoms with Crippen molar-refractivity contribution >= 4 is 39.2 Å². The predicted octanol–water partition coefficient (Wildman–Crippen LogP) is 4.69. The fraction of sp³-hybridized carbons (Fsp3) is 0.579. The van der Waals surface area contributed by atoms with Gasteiger partial charge in [-0.05, 0) is 56.2 Å². The molecule has 130 valence electrons. The van der Waals surface area contributed by atoms with E-state index in [4.69, 9.17) is 0 Å². The molecule has 1 fully saturated rings. The summed E-state index contributed by atoms with van der Waals surface area (Å²) < 4.78 is 3.47. The molecule has 1 heterocycles. The van der Waals surface area contributed by atoms with E-state index in [1.807, 2.05) is 11.8 Å². The third-order valence-corrected chi connectivity index (χ3v) is 6.61. The van der Waals surface area contributed by atoms with E-state index in [2.05, 4.69) is 41.8 Å². The van der Waals surface area contributed by atoms with E-state index in [0.29, 0.717) is 0 Å². The molecule has 3 rings (SSSR count). The average Bonchev–Trinajstić information content (AvgIpc) is 2.90. The van der Waals surface area contributed by atoms with E-state index in [9.17, 15) is 4.79 Å². The number of thiazole rings is 1. The monoisotopic (exact) mass is 362 g/mol. The standard InChI is InChI=1S/C19H26N2OS2/c1-13-11-16-17(12-14(13)2)24-19(21(16)9-10-23-3)20-18(22)15-7-5-4-6-8-15/h11-12,15H,4-10H2,1-3H3. The van der Waals surface area contributed by atoms with Gasteiger partial charge in [0, 0.05) is 18.2 Å². The maximum absolute atomic E-state index is 12.6. The number of amides is 1. The van der Waals surface area contributed by atoms with E-state index in [1.54, 1.807) is 11.3 Å². The molecule has 0 radical (unpaired) electrons. The van der Waals surface area contributed by atoms with E-state index in [1.165, 1.54) is 40.6 Å². The normalized spacial score (nSPS) is 16.9. The maximum atomic E-state index is 12.6. The average molecular weight is 363 g/mol. The lowest BCUT2D eigenvalue weighted by Crippen LogP contribution is -2.22. The molecule has 0 aliphatic heterocycles. The number of aromatic nitrogens is 1. The van der Waals surface area contributed by atoms with Crippen LogP contribution < -0.4 is 4.80 Å². The zero-order valence-electron chi connectivity index (χ0n) is 14.8. The third-order valence-electron chi connectivity index (χ3n) is 4.98. The molecule has 24 heavy (non-hydrogen) atoms. The molecule has 1 aliphatic rings. The second-order valence-corrected chi connectivity index (χ2v) is 8.71. The van der Waals surface area contributed by atoms with Crippen LogP contribution in [0.2, 0.25) is 0 Å². The number of hydrogen-bond donors (Lipinski definition) is 0. The Bertz CT molecular complexity index is 798. The second-order valence-electron chi connectivity index (χ2n) is 6.72. The van der Waals surface area contributed by atoms with Crippen molar-refractivity contribution in [3.8, 4) is 0 Å². The van der Waals surface area contributed by atoms with Gasteiger partial charge >= 0.3 is 0 Å². The summed E-state index contributed by atoms with van der Waals surface area (Å²) in [4.78, 5) is 18.1. The third kappa shape index (κ3) is 3.77. The van der Waals surface area contributed by atoms with Crippen LogP contribution in [0, 0.1) is 19.8 Å². The molecule has 1 amide bonds. The van der Waals surface area contributed by atoms with Crippen LogP contribution in [0.25, 0.3) is 10.2 Å². The Morgan fingerprint density at radius 1 is 1.25 bits per heavy atom. The number of fused-ring (bicyclic) bond motifs is 1. The minimum atomic E-state index is 0.0904. The van der Waals surface area contributed by atoms with Gasteiger partial charge in [-0.3, -0.25) is 4.79 Å². The Morgan fingerprint density at radius 2 is 1.96 bits per heavy atom. The number of aryl methyl sites for hydroxylation is 3. The van der Waals surface area contributed by atoms with Crippen molar-refractivity contribution in [2.75, 3.05) is 12.0 Å². The van der Waals surface area contributed by atoms with Crippen LogP contribution in [0.4, 0.5) is 0 Å². The van der Waals surface area contributed by atoms with Gasteiger partial charge < -0.3 is 4.57 Å². The van der Waals surface area contributed by atoms with Gasteiger partial charge in [-0.15, -0.1) is 0 Å². The molecule has 3 nitrogen and oxygen atoms in total. The minimum absolute atomic E-state index is 0.0904. The first-order valence-electron chi connectivity index (χ1n) is 8.78. The SMILES string of the molecule is CSCCn1c(=NC(=O)C2CCCCC2)sc2cc(C)c(C)cc21. The molecule has 1 saturated carbocycles. The first-order valence-corrected chi connectivity index (χ1v) is 11.0. The van der Waals surface area contributed by atoms with Gasteiger partial charge in [0.2, 0.25) is 0 Å². The number of rotatable bonds is 4. The van der Waals surface area contributed by atoms with Crippen LogP contribution in [0.1, 0.15) is 43.2 Å². The highest BCUT2D eigenvalue weighted by Gasteiger charge is 2.21. The summed E-state index contributed by atoms with van der Waals surface area (Å²) in [6, 6.07) is 4.47. The summed E-state index contributed by atoms with van der Waals surface area (Å²) in [5.74, 6) is 1.26. The Kier molecular flexibility index (Phi) is 5.82. The van der Waals surface area contributed by atoms with E-state index in [0.717, 1.165) is 29.9 Å². The first-order chi connectivity index (χ1) is 11.6. The van der Waals surface area contributed by atoms with Crippen molar-refractivity contribution in [1.29, 1.82) is 0 Å². The highest BCUT2D eigenvalue weighted by molar-refractivity contribution is 7.98. The van der Waals surface area contributed by atoms with E-state index < -0.39 is 0 Å². The largest absolute Gasteiger partial charge is 0.316 e. The van der Waals surface area contributed by atoms with Crippen molar-refractivity contribution < 1.29 is 4.79 Å². The Morgan fingerprint density at radius 3 is 2.67 bits per heavy atom. The highest BCUT2D eigenvalue weighted by Crippen LogP contribution is 2.25. The summed E-state index contributed by atoms with van der Waals surface area (Å²) >= 11 is 3.48. The van der Waals surface area contributed by atoms with Gasteiger partial charge in [0.05, 0.1) is 10.2 Å².